The standard InChI is InChI=1S/C19H21N5O3/c1-4-5-15-23-18(27-24-15)12(2)22-17(25)14-8-6-13(7-9-14)16-19(26-3)21-11-10-20-16/h6-12H,4-5H2,1-3H3,(H,22,25)/t12-/m0/s1. The molecule has 1 amide bonds. The number of hydrogen-bond acceptors (Lipinski definition) is 7. The lowest BCUT2D eigenvalue weighted by atomic mass is 10.1. The number of hydrogen-bond donors (Lipinski definition) is 1. The lowest BCUT2D eigenvalue weighted by Gasteiger charge is -2.10. The predicted octanol–water partition coefficient (Wildman–Crippen LogP) is 2.98. The van der Waals surface area contributed by atoms with Crippen LogP contribution in [0.3, 0.4) is 0 Å². The molecule has 0 radical (unpaired) electrons. The maximum atomic E-state index is 12.5. The summed E-state index contributed by atoms with van der Waals surface area (Å²) < 4.78 is 10.4. The van der Waals surface area contributed by atoms with Crippen LogP contribution in [-0.4, -0.2) is 33.1 Å². The van der Waals surface area contributed by atoms with Crippen LogP contribution in [0.2, 0.25) is 0 Å². The third-order valence-electron chi connectivity index (χ3n) is 3.95. The SMILES string of the molecule is CCCc1noc([C@H](C)NC(=O)c2ccc(-c3nccnc3OC)cc2)n1. The van der Waals surface area contributed by atoms with Crippen LogP contribution in [0.5, 0.6) is 5.88 Å². The van der Waals surface area contributed by atoms with Crippen molar-refractivity contribution in [2.24, 2.45) is 0 Å². The number of nitrogens with zero attached hydrogens (tertiary/aromatic N) is 4. The largest absolute Gasteiger partial charge is 0.479 e. The Morgan fingerprint density at radius 2 is 1.96 bits per heavy atom. The second-order valence-corrected chi connectivity index (χ2v) is 5.99. The number of rotatable bonds is 7. The number of carbonyl (C=O) groups excluding carboxylic acids is 1. The van der Waals surface area contributed by atoms with Gasteiger partial charge in [-0.15, -0.1) is 0 Å². The fourth-order valence-electron chi connectivity index (χ4n) is 2.56. The van der Waals surface area contributed by atoms with E-state index in [-0.39, 0.29) is 11.9 Å². The molecule has 0 bridgehead atoms. The molecule has 0 spiro atoms. The zero-order chi connectivity index (χ0) is 19.2. The first-order valence-electron chi connectivity index (χ1n) is 8.71. The molecule has 0 unspecified atom stereocenters. The van der Waals surface area contributed by atoms with Crippen molar-refractivity contribution in [3.05, 3.63) is 53.9 Å². The van der Waals surface area contributed by atoms with Crippen molar-refractivity contribution in [2.75, 3.05) is 7.11 Å². The minimum atomic E-state index is -0.379. The molecule has 3 aromatic rings. The van der Waals surface area contributed by atoms with Gasteiger partial charge in [-0.1, -0.05) is 24.2 Å². The molecule has 0 aliphatic heterocycles. The van der Waals surface area contributed by atoms with Crippen molar-refractivity contribution in [1.29, 1.82) is 0 Å². The Labute approximate surface area is 157 Å². The van der Waals surface area contributed by atoms with Gasteiger partial charge in [0.1, 0.15) is 11.7 Å². The van der Waals surface area contributed by atoms with E-state index in [4.69, 9.17) is 9.26 Å². The topological polar surface area (TPSA) is 103 Å². The third-order valence-corrected chi connectivity index (χ3v) is 3.95. The number of amides is 1. The van der Waals surface area contributed by atoms with Crippen LogP contribution in [0.25, 0.3) is 11.3 Å². The lowest BCUT2D eigenvalue weighted by Crippen LogP contribution is -2.26. The summed E-state index contributed by atoms with van der Waals surface area (Å²) in [5, 5.41) is 6.77. The maximum Gasteiger partial charge on any atom is 0.251 e. The smallest absolute Gasteiger partial charge is 0.251 e. The van der Waals surface area contributed by atoms with Gasteiger partial charge in [-0.25, -0.2) is 9.97 Å². The van der Waals surface area contributed by atoms with E-state index in [9.17, 15) is 4.79 Å². The normalized spacial score (nSPS) is 11.8. The number of ether oxygens (including phenoxy) is 1. The second-order valence-electron chi connectivity index (χ2n) is 5.99. The van der Waals surface area contributed by atoms with E-state index in [0.717, 1.165) is 18.4 Å². The highest BCUT2D eigenvalue weighted by molar-refractivity contribution is 5.94. The molecule has 1 aromatic carbocycles. The Hall–Kier alpha value is -3.29. The molecule has 3 rings (SSSR count). The van der Waals surface area contributed by atoms with Crippen LogP contribution >= 0.6 is 0 Å². The van der Waals surface area contributed by atoms with E-state index >= 15 is 0 Å². The second kappa shape index (κ2) is 8.39. The molecule has 1 N–H and O–H groups in total. The van der Waals surface area contributed by atoms with E-state index in [0.29, 0.717) is 28.9 Å². The summed E-state index contributed by atoms with van der Waals surface area (Å²) in [5.41, 5.74) is 1.95. The molecule has 27 heavy (non-hydrogen) atoms. The number of aryl methyl sites for hydroxylation is 1. The maximum absolute atomic E-state index is 12.5. The van der Waals surface area contributed by atoms with Crippen molar-refractivity contribution in [3.8, 4) is 17.1 Å². The Morgan fingerprint density at radius 1 is 1.22 bits per heavy atom. The molecule has 2 heterocycles. The number of aromatic nitrogens is 4. The van der Waals surface area contributed by atoms with Gasteiger partial charge < -0.3 is 14.6 Å². The van der Waals surface area contributed by atoms with E-state index < -0.39 is 0 Å². The molecule has 140 valence electrons. The molecule has 8 heteroatoms. The van der Waals surface area contributed by atoms with E-state index in [2.05, 4.69) is 25.4 Å². The van der Waals surface area contributed by atoms with Crippen LogP contribution in [0.4, 0.5) is 0 Å². The molecular weight excluding hydrogens is 346 g/mol. The Kier molecular flexibility index (Phi) is 5.75. The molecule has 0 saturated heterocycles. The number of benzene rings is 1. The quantitative estimate of drug-likeness (QED) is 0.684. The van der Waals surface area contributed by atoms with Crippen LogP contribution in [0.1, 0.15) is 48.4 Å². The highest BCUT2D eigenvalue weighted by Gasteiger charge is 2.17. The Bertz CT molecular complexity index is 908. The average molecular weight is 367 g/mol. The number of nitrogens with one attached hydrogen (secondary N) is 1. The van der Waals surface area contributed by atoms with Gasteiger partial charge in [-0.05, 0) is 25.5 Å². The summed E-state index contributed by atoms with van der Waals surface area (Å²) in [6.45, 7) is 3.85. The summed E-state index contributed by atoms with van der Waals surface area (Å²) in [6.07, 6.45) is 4.84. The molecule has 0 aliphatic rings. The summed E-state index contributed by atoms with van der Waals surface area (Å²) in [6, 6.07) is 6.68. The van der Waals surface area contributed by atoms with Gasteiger partial charge in [0.05, 0.1) is 7.11 Å². The van der Waals surface area contributed by atoms with Crippen LogP contribution < -0.4 is 10.1 Å². The summed E-state index contributed by atoms with van der Waals surface area (Å²) in [5.74, 6) is 1.25. The van der Waals surface area contributed by atoms with Gasteiger partial charge in [-0.3, -0.25) is 4.79 Å². The van der Waals surface area contributed by atoms with E-state index in [1.54, 1.807) is 50.7 Å². The molecule has 0 saturated carbocycles. The summed E-state index contributed by atoms with van der Waals surface area (Å²) in [4.78, 5) is 25.2. The molecular formula is C19H21N5O3. The number of methoxy groups -OCH3 is 1. The van der Waals surface area contributed by atoms with Gasteiger partial charge in [-0.2, -0.15) is 4.98 Å². The lowest BCUT2D eigenvalue weighted by molar-refractivity contribution is 0.0932. The van der Waals surface area contributed by atoms with E-state index in [1.807, 2.05) is 6.92 Å². The minimum Gasteiger partial charge on any atom is -0.479 e. The highest BCUT2D eigenvalue weighted by Crippen LogP contribution is 2.25. The Morgan fingerprint density at radius 3 is 2.67 bits per heavy atom. The van der Waals surface area contributed by atoms with E-state index in [1.165, 1.54) is 0 Å². The van der Waals surface area contributed by atoms with Crippen LogP contribution in [-0.2, 0) is 6.42 Å². The first kappa shape index (κ1) is 18.5. The van der Waals surface area contributed by atoms with Crippen LogP contribution in [0, 0.1) is 0 Å². The van der Waals surface area contributed by atoms with Gasteiger partial charge in [0.2, 0.25) is 11.8 Å². The fourth-order valence-corrected chi connectivity index (χ4v) is 2.56. The van der Waals surface area contributed by atoms with Crippen molar-refractivity contribution in [1.82, 2.24) is 25.4 Å². The Balaban J connectivity index is 1.70. The minimum absolute atomic E-state index is 0.226. The molecule has 2 aromatic heterocycles. The highest BCUT2D eigenvalue weighted by atomic mass is 16.5. The van der Waals surface area contributed by atoms with Crippen LogP contribution in [0.15, 0.2) is 41.2 Å². The summed E-state index contributed by atoms with van der Waals surface area (Å²) >= 11 is 0. The number of carbonyl (C=O) groups is 1. The van der Waals surface area contributed by atoms with Crippen molar-refractivity contribution >= 4 is 5.91 Å². The third kappa shape index (κ3) is 4.28. The van der Waals surface area contributed by atoms with Crippen molar-refractivity contribution in [2.45, 2.75) is 32.7 Å². The van der Waals surface area contributed by atoms with Gasteiger partial charge >= 0.3 is 0 Å². The van der Waals surface area contributed by atoms with Gasteiger partial charge in [0, 0.05) is 29.9 Å². The molecule has 0 aliphatic carbocycles. The molecule has 1 atom stereocenters. The van der Waals surface area contributed by atoms with Gasteiger partial charge in [0.25, 0.3) is 5.91 Å². The fraction of sp³-hybridized carbons (Fsp3) is 0.316. The van der Waals surface area contributed by atoms with Gasteiger partial charge in [0.15, 0.2) is 5.82 Å². The predicted molar refractivity (Wildman–Crippen MR) is 98.2 cm³/mol. The zero-order valence-electron chi connectivity index (χ0n) is 15.5. The molecule has 8 nitrogen and oxygen atoms in total. The first-order chi connectivity index (χ1) is 13.1. The van der Waals surface area contributed by atoms with Crippen molar-refractivity contribution in [3.63, 3.8) is 0 Å². The zero-order valence-corrected chi connectivity index (χ0v) is 15.5. The van der Waals surface area contributed by atoms with Crippen molar-refractivity contribution < 1.29 is 14.1 Å². The average Bonchev–Trinajstić information content (AvgIpc) is 3.17. The summed E-state index contributed by atoms with van der Waals surface area (Å²) in [7, 11) is 1.54. The molecule has 0 fully saturated rings. The first-order valence-corrected chi connectivity index (χ1v) is 8.71. The monoisotopic (exact) mass is 367 g/mol.